The van der Waals surface area contributed by atoms with Gasteiger partial charge in [0.15, 0.2) is 1.41 Å². The van der Waals surface area contributed by atoms with E-state index in [-0.39, 0.29) is 67.3 Å². The molecule has 0 atom stereocenters. The third-order valence-corrected chi connectivity index (χ3v) is 46.7. The normalized spacial score (nSPS) is 16.9. The fourth-order valence-corrected chi connectivity index (χ4v) is 34.7. The van der Waals surface area contributed by atoms with Crippen molar-refractivity contribution in [2.45, 2.75) is 346 Å². The maximum absolute atomic E-state index is 15.2. The third kappa shape index (κ3) is 22.8. The van der Waals surface area contributed by atoms with Crippen LogP contribution < -0.4 is 2.89 Å². The van der Waals surface area contributed by atoms with Gasteiger partial charge in [-0.2, -0.15) is 0 Å². The van der Waals surface area contributed by atoms with E-state index in [4.69, 9.17) is 1.41 Å². The molecule has 0 unspecified atom stereocenters. The first-order valence-corrected chi connectivity index (χ1v) is 75.6. The molecule has 1 N–H and O–H groups in total. The van der Waals surface area contributed by atoms with Crippen LogP contribution in [0, 0.1) is 10.5 Å². The van der Waals surface area contributed by atoms with Crippen molar-refractivity contribution in [2.75, 3.05) is 39.3 Å². The Bertz CT molecular complexity index is 6840. The smallest absolute Gasteiger partial charge is 0.195 e. The molecule has 27 heteroatoms. The zero-order valence-corrected chi connectivity index (χ0v) is 100. The van der Waals surface area contributed by atoms with Gasteiger partial charge < -0.3 is 0 Å². The molecule has 0 radical (unpaired) electrons. The van der Waals surface area contributed by atoms with Gasteiger partial charge in [-0.05, 0) is 169 Å². The Morgan fingerprint density at radius 2 is 0.510 bits per heavy atom. The summed E-state index contributed by atoms with van der Waals surface area (Å²) in [5, 5.41) is 2.46. The van der Waals surface area contributed by atoms with Crippen LogP contribution in [-0.2, 0) is 25.7 Å². The van der Waals surface area contributed by atoms with Crippen LogP contribution in [0.2, 0.25) is 16.2 Å². The molecule has 149 heavy (non-hydrogen) atoms. The summed E-state index contributed by atoms with van der Waals surface area (Å²) >= 11 is 11.7. The van der Waals surface area contributed by atoms with E-state index in [1.807, 2.05) is 23.5 Å². The van der Waals surface area contributed by atoms with Crippen molar-refractivity contribution >= 4 is 240 Å². The number of nitrogens with one attached hydrogen (secondary N) is 1. The second-order valence-corrected chi connectivity index (χ2v) is 66.3. The van der Waals surface area contributed by atoms with Crippen molar-refractivity contribution in [3.05, 3.63) is 197 Å². The van der Waals surface area contributed by atoms with E-state index in [0.29, 0.717) is 167 Å². The number of carbonyl (C=O) groups is 12. The summed E-state index contributed by atoms with van der Waals surface area (Å²) in [5.74, 6) is -4.56. The summed E-state index contributed by atoms with van der Waals surface area (Å²) in [6.45, 7) is 17.2. The van der Waals surface area contributed by atoms with E-state index in [1.54, 1.807) is 100 Å². The third-order valence-electron chi connectivity index (χ3n) is 31.9. The number of benzene rings is 6. The van der Waals surface area contributed by atoms with E-state index in [9.17, 15) is 47.9 Å². The number of unbranched alkanes of at least 4 members (excludes halogenated alkanes) is 30. The number of aryl methyl sites for hydroxylation is 5. The molecule has 0 spiro atoms. The average Bonchev–Trinajstić information content (AvgIpc) is 1.28. The SMILES string of the molecule is CCCCCCCCN1C(=O)c2ccc3c4c(c(-c5cc6c(s5)CC/C6=C5/CCc6sc(-c7cc8c9c(ccc%10c9c7C(=O)N(CCCCCCCC)C%10=O)C(=O)N(CCCCCCCC)C8=O)cc65)cc(c24)C1=O)C(=O)N(CCCCCCCC)C3=O.CCCCCCCCN1C(=O)c2ccc3c4c(c(Br)cc(c24)C1=O)C(=O)N(CCCCCCCC)C3=O.Cc1cc2c(s1)CC/C2=C1/CCc2s[c]([Sn]([CH3])([CH3])[CH3])cc21.[2H]N=IBr. The second-order valence-electron chi connectivity index (χ2n) is 43.1. The van der Waals surface area contributed by atoms with E-state index in [1.165, 1.54) is 107 Å². The molecule has 0 saturated heterocycles. The number of allylic oxidation sites excluding steroid dienone is 4. The standard InChI is InChI=1S/C74H84N4O8S2.C30H37BrN2O4.C15H13S2.3CH3.BrHIN.Sn/c1-5-9-13-17-21-25-37-75-67(79)47-29-31-49-63-61(47)55(71(75)83)41-53(65(63)73(85)77(69(49)81)39-27-23-19-15-11-7-3)59-43-51-45(33-35-57(51)87-59)46-34-36-58-52(46)44-60(88-58)54-42-56-62-48(68(80)76(72(56)84)38-26-22-18-14-10-6-2)30-32-50-64(62)66(54)74(86)78(70(50)82)40-28-24-20-16-12-8-4;1-3-5-7-9-11-13-17-32-27(34)20-15-16-21-25-24(20)22(29(32)36)19-23(31)26(25)30(37)33(28(21)35)18-14-12-10-8-6-4-2;1-9-8-13-11(3-5-15(13)17-9)10-2-4-14-12(10)6-7-16-14;;;;1-2-3;/h29-32,41-44H,5-28,33-40H2,1-4H3;15-16,19H,3-14,17-18H2,1-2H3;6,8H,2-5H2,1H3;3*1H3;3H;/b46-45+;;11-10+;;;;;/i/hD. The van der Waals surface area contributed by atoms with Gasteiger partial charge in [0.2, 0.25) is 0 Å². The van der Waals surface area contributed by atoms with Crippen LogP contribution >= 0.6 is 92.8 Å². The van der Waals surface area contributed by atoms with Crippen molar-refractivity contribution in [3.8, 4) is 20.9 Å². The van der Waals surface area contributed by atoms with E-state index < -0.39 is 53.8 Å². The minimum Gasteiger partial charge on any atom is -0.268 e. The number of hydrogen-bond acceptors (Lipinski definition) is 17. The quantitative estimate of drug-likeness (QED) is 0.0162. The van der Waals surface area contributed by atoms with Gasteiger partial charge in [-0.25, -0.2) is 0 Å². The van der Waals surface area contributed by atoms with Crippen LogP contribution in [0.4, 0.5) is 0 Å². The van der Waals surface area contributed by atoms with Crippen molar-refractivity contribution in [3.63, 3.8) is 0 Å². The Morgan fingerprint density at radius 3 is 0.805 bits per heavy atom. The van der Waals surface area contributed by atoms with Gasteiger partial charge in [0.1, 0.15) is 0 Å². The summed E-state index contributed by atoms with van der Waals surface area (Å²) in [6, 6.07) is 24.8. The fraction of sp³-hybridized carbons (Fsp3) is 0.492. The molecule has 12 amide bonds. The largest absolute Gasteiger partial charge is 0.268 e. The molecule has 0 bridgehead atoms. The molecule has 20 rings (SSSR count). The molecular weight excluding hydrogens is 2290 g/mol. The summed E-state index contributed by atoms with van der Waals surface area (Å²) in [7, 11) is 0. The molecule has 0 fully saturated rings. The Labute approximate surface area is 925 Å². The molecule has 10 heterocycles. The molecule has 19 nitrogen and oxygen atoms in total. The van der Waals surface area contributed by atoms with Crippen LogP contribution in [0.3, 0.4) is 0 Å². The number of nitrogens with zero attached hydrogens (tertiary/aromatic N) is 6. The topological polar surface area (TPSA) is 248 Å². The first-order valence-electron chi connectivity index (χ1n) is 56.2. The van der Waals surface area contributed by atoms with Gasteiger partial charge in [0.05, 0.1) is 35.5 Å². The molecular formula is C122H144Br2IN7O12S4Sn. The van der Waals surface area contributed by atoms with Crippen molar-refractivity contribution in [1.82, 2.24) is 29.4 Å². The maximum atomic E-state index is 15.2. The summed E-state index contributed by atoms with van der Waals surface area (Å²) in [5.41, 5.74) is 16.7. The summed E-state index contributed by atoms with van der Waals surface area (Å²) in [6.07, 6.45) is 45.0. The molecule has 4 aliphatic carbocycles. The minimum absolute atomic E-state index is 0.279. The first kappa shape index (κ1) is 110. The van der Waals surface area contributed by atoms with E-state index in [2.05, 4.69) is 131 Å². The molecule has 4 aromatic heterocycles. The monoisotopic (exact) mass is 2430 g/mol. The number of rotatable bonds is 45. The van der Waals surface area contributed by atoms with Gasteiger partial charge in [0, 0.05) is 169 Å². The second kappa shape index (κ2) is 50.4. The van der Waals surface area contributed by atoms with Crippen LogP contribution in [0.25, 0.3) is 75.5 Å². The van der Waals surface area contributed by atoms with Gasteiger partial charge in [-0.3, -0.25) is 90.5 Å². The molecule has 10 aromatic rings. The van der Waals surface area contributed by atoms with Crippen molar-refractivity contribution in [1.29, 1.82) is 3.55 Å². The minimum atomic E-state index is -1.91. The molecule has 788 valence electrons. The molecule has 0 saturated carbocycles. The summed E-state index contributed by atoms with van der Waals surface area (Å²) in [4.78, 5) is 196. The first-order chi connectivity index (χ1) is 72.7. The molecule has 6 aromatic carbocycles. The number of amides is 12. The van der Waals surface area contributed by atoms with Crippen LogP contribution in [-0.4, -0.2) is 158 Å². The molecule has 10 aliphatic rings. The number of fused-ring (bicyclic) bond motifs is 4. The Hall–Kier alpha value is -8.49. The van der Waals surface area contributed by atoms with Crippen LogP contribution in [0.5, 0.6) is 0 Å². The van der Waals surface area contributed by atoms with Crippen molar-refractivity contribution < 1.29 is 58.9 Å². The van der Waals surface area contributed by atoms with E-state index in [0.717, 1.165) is 226 Å². The van der Waals surface area contributed by atoms with E-state index >= 15 is 9.59 Å². The van der Waals surface area contributed by atoms with Gasteiger partial charge in [-0.1, -0.05) is 234 Å². The number of halogens is 3. The zero-order valence-electron chi connectivity index (χ0n) is 89.7. The Balaban J connectivity index is 0.000000199. The predicted octanol–water partition coefficient (Wildman–Crippen LogP) is 33.1. The Morgan fingerprint density at radius 1 is 0.275 bits per heavy atom. The fourth-order valence-electron chi connectivity index (χ4n) is 24.1. The number of imide groups is 6. The summed E-state index contributed by atoms with van der Waals surface area (Å²) < 4.78 is 11.3. The predicted molar refractivity (Wildman–Crippen MR) is 628 cm³/mol. The Kier molecular flexibility index (Phi) is 37.3. The van der Waals surface area contributed by atoms with Gasteiger partial charge in [0.25, 0.3) is 70.9 Å². The average molecular weight is 2440 g/mol. The maximum Gasteiger partial charge on any atom is 0.195 e. The zero-order chi connectivity index (χ0) is 106. The van der Waals surface area contributed by atoms with Gasteiger partial charge >= 0.3 is 140 Å². The molecule has 6 aliphatic heterocycles. The van der Waals surface area contributed by atoms with Crippen molar-refractivity contribution in [2.24, 2.45) is 0 Å². The number of hydrogen-bond donors (Lipinski definition) is 1. The van der Waals surface area contributed by atoms with Crippen LogP contribution in [0.1, 0.15) is 469 Å². The van der Waals surface area contributed by atoms with Gasteiger partial charge in [-0.15, -0.1) is 22.7 Å². The number of thiophene rings is 4. The van der Waals surface area contributed by atoms with Crippen LogP contribution in [0.15, 0.2) is 83.3 Å². The number of carbonyl (C=O) groups excluding carboxylic acids is 12.